The van der Waals surface area contributed by atoms with Gasteiger partial charge in [0.15, 0.2) is 0 Å². The summed E-state index contributed by atoms with van der Waals surface area (Å²) in [6, 6.07) is 15.9. The molecule has 94 valence electrons. The van der Waals surface area contributed by atoms with Crippen molar-refractivity contribution in [2.45, 2.75) is 13.0 Å². The number of nitrogens with one attached hydrogen (secondary N) is 1. The van der Waals surface area contributed by atoms with Crippen LogP contribution in [-0.4, -0.2) is 6.54 Å². The van der Waals surface area contributed by atoms with Gasteiger partial charge in [-0.05, 0) is 48.4 Å². The third kappa shape index (κ3) is 4.34. The first-order chi connectivity index (χ1) is 8.74. The number of hydrogen-bond donors (Lipinski definition) is 1. The molecule has 0 aromatic heterocycles. The van der Waals surface area contributed by atoms with Crippen LogP contribution >= 0.6 is 23.2 Å². The van der Waals surface area contributed by atoms with Crippen molar-refractivity contribution >= 4 is 23.2 Å². The molecule has 3 heteroatoms. The Kier molecular flexibility index (Phi) is 5.06. The van der Waals surface area contributed by atoms with Crippen molar-refractivity contribution < 1.29 is 0 Å². The van der Waals surface area contributed by atoms with Gasteiger partial charge in [-0.1, -0.05) is 47.5 Å². The number of rotatable bonds is 5. The van der Waals surface area contributed by atoms with Gasteiger partial charge >= 0.3 is 0 Å². The predicted molar refractivity (Wildman–Crippen MR) is 78.3 cm³/mol. The lowest BCUT2D eigenvalue weighted by atomic mass is 10.1. The van der Waals surface area contributed by atoms with Crippen LogP contribution in [0.25, 0.3) is 0 Å². The van der Waals surface area contributed by atoms with E-state index in [1.807, 2.05) is 42.5 Å². The van der Waals surface area contributed by atoms with Gasteiger partial charge in [-0.15, -0.1) is 0 Å². The first-order valence-corrected chi connectivity index (χ1v) is 6.69. The molecule has 0 heterocycles. The summed E-state index contributed by atoms with van der Waals surface area (Å²) in [4.78, 5) is 0. The van der Waals surface area contributed by atoms with E-state index in [0.717, 1.165) is 29.6 Å². The minimum atomic E-state index is 0.776. The fraction of sp³-hybridized carbons (Fsp3) is 0.200. The normalized spacial score (nSPS) is 10.6. The van der Waals surface area contributed by atoms with Crippen LogP contribution in [0, 0.1) is 0 Å². The van der Waals surface area contributed by atoms with Gasteiger partial charge in [-0.2, -0.15) is 0 Å². The van der Waals surface area contributed by atoms with Gasteiger partial charge in [0.2, 0.25) is 0 Å². The van der Waals surface area contributed by atoms with Crippen molar-refractivity contribution in [2.24, 2.45) is 0 Å². The topological polar surface area (TPSA) is 12.0 Å². The summed E-state index contributed by atoms with van der Waals surface area (Å²) in [5.41, 5.74) is 2.50. The molecule has 0 saturated heterocycles. The minimum Gasteiger partial charge on any atom is -0.312 e. The first-order valence-electron chi connectivity index (χ1n) is 5.93. The molecule has 0 aliphatic carbocycles. The number of halogens is 2. The quantitative estimate of drug-likeness (QED) is 0.804. The Balaban J connectivity index is 1.74. The number of hydrogen-bond acceptors (Lipinski definition) is 1. The Bertz CT molecular complexity index is 494. The maximum atomic E-state index is 5.94. The third-order valence-corrected chi connectivity index (χ3v) is 3.21. The zero-order valence-corrected chi connectivity index (χ0v) is 11.5. The highest BCUT2D eigenvalue weighted by Crippen LogP contribution is 2.11. The van der Waals surface area contributed by atoms with Crippen molar-refractivity contribution in [1.29, 1.82) is 0 Å². The van der Waals surface area contributed by atoms with Crippen LogP contribution in [0.15, 0.2) is 48.5 Å². The SMILES string of the molecule is Clc1ccc(CNCCc2cccc(Cl)c2)cc1. The summed E-state index contributed by atoms with van der Waals surface area (Å²) in [6.45, 7) is 1.79. The van der Waals surface area contributed by atoms with Gasteiger partial charge in [0.05, 0.1) is 0 Å². The van der Waals surface area contributed by atoms with Gasteiger partial charge in [0.1, 0.15) is 0 Å². The van der Waals surface area contributed by atoms with E-state index in [-0.39, 0.29) is 0 Å². The molecule has 0 aliphatic heterocycles. The molecule has 0 atom stereocenters. The molecule has 2 aromatic rings. The van der Waals surface area contributed by atoms with Crippen molar-refractivity contribution in [3.05, 3.63) is 69.7 Å². The lowest BCUT2D eigenvalue weighted by molar-refractivity contribution is 0.687. The molecule has 0 saturated carbocycles. The Morgan fingerprint density at radius 2 is 1.61 bits per heavy atom. The van der Waals surface area contributed by atoms with Crippen LogP contribution in [0.2, 0.25) is 10.0 Å². The van der Waals surface area contributed by atoms with E-state index in [1.165, 1.54) is 11.1 Å². The van der Waals surface area contributed by atoms with Crippen molar-refractivity contribution in [3.63, 3.8) is 0 Å². The minimum absolute atomic E-state index is 0.776. The average Bonchev–Trinajstić information content (AvgIpc) is 2.37. The molecule has 1 N–H and O–H groups in total. The van der Waals surface area contributed by atoms with E-state index in [0.29, 0.717) is 0 Å². The van der Waals surface area contributed by atoms with E-state index >= 15 is 0 Å². The smallest absolute Gasteiger partial charge is 0.0408 e. The molecule has 2 aromatic carbocycles. The van der Waals surface area contributed by atoms with E-state index in [2.05, 4.69) is 11.4 Å². The molecule has 0 aliphatic rings. The lowest BCUT2D eigenvalue weighted by Gasteiger charge is -2.05. The Labute approximate surface area is 118 Å². The highest BCUT2D eigenvalue weighted by Gasteiger charge is 1.96. The molecule has 2 rings (SSSR count). The average molecular weight is 280 g/mol. The van der Waals surface area contributed by atoms with Crippen LogP contribution in [0.4, 0.5) is 0 Å². The Morgan fingerprint density at radius 1 is 0.833 bits per heavy atom. The molecule has 0 spiro atoms. The molecule has 1 nitrogen and oxygen atoms in total. The molecule has 0 radical (unpaired) electrons. The summed E-state index contributed by atoms with van der Waals surface area (Å²) in [5, 5.41) is 4.98. The lowest BCUT2D eigenvalue weighted by Crippen LogP contribution is -2.16. The van der Waals surface area contributed by atoms with Crippen LogP contribution < -0.4 is 5.32 Å². The highest BCUT2D eigenvalue weighted by atomic mass is 35.5. The van der Waals surface area contributed by atoms with Gasteiger partial charge in [-0.3, -0.25) is 0 Å². The van der Waals surface area contributed by atoms with E-state index in [1.54, 1.807) is 0 Å². The van der Waals surface area contributed by atoms with Gasteiger partial charge in [-0.25, -0.2) is 0 Å². The standard InChI is InChI=1S/C15H15Cl2N/c16-14-6-4-13(5-7-14)11-18-9-8-12-2-1-3-15(17)10-12/h1-7,10,18H,8-9,11H2. The largest absolute Gasteiger partial charge is 0.312 e. The maximum absolute atomic E-state index is 5.94. The van der Waals surface area contributed by atoms with Gasteiger partial charge in [0, 0.05) is 16.6 Å². The molecule has 0 unspecified atom stereocenters. The van der Waals surface area contributed by atoms with Crippen molar-refractivity contribution in [3.8, 4) is 0 Å². The summed E-state index contributed by atoms with van der Waals surface area (Å²) in [6.07, 6.45) is 0.980. The monoisotopic (exact) mass is 279 g/mol. The third-order valence-electron chi connectivity index (χ3n) is 2.72. The molecule has 18 heavy (non-hydrogen) atoms. The summed E-state index contributed by atoms with van der Waals surface area (Å²) >= 11 is 11.8. The summed E-state index contributed by atoms with van der Waals surface area (Å²) in [7, 11) is 0. The fourth-order valence-electron chi connectivity index (χ4n) is 1.76. The molecular weight excluding hydrogens is 265 g/mol. The second-order valence-corrected chi connectivity index (χ2v) is 5.06. The maximum Gasteiger partial charge on any atom is 0.0408 e. The summed E-state index contributed by atoms with van der Waals surface area (Å²) in [5.74, 6) is 0. The predicted octanol–water partition coefficient (Wildman–Crippen LogP) is 4.33. The second-order valence-electron chi connectivity index (χ2n) is 4.18. The van der Waals surface area contributed by atoms with E-state index < -0.39 is 0 Å². The fourth-order valence-corrected chi connectivity index (χ4v) is 2.10. The molecule has 0 amide bonds. The molecule has 0 bridgehead atoms. The Morgan fingerprint density at radius 3 is 2.33 bits per heavy atom. The van der Waals surface area contributed by atoms with E-state index in [9.17, 15) is 0 Å². The van der Waals surface area contributed by atoms with Crippen molar-refractivity contribution in [1.82, 2.24) is 5.32 Å². The van der Waals surface area contributed by atoms with Crippen LogP contribution in [0.5, 0.6) is 0 Å². The first kappa shape index (κ1) is 13.4. The second kappa shape index (κ2) is 6.79. The van der Waals surface area contributed by atoms with Gasteiger partial charge < -0.3 is 5.32 Å². The number of benzene rings is 2. The van der Waals surface area contributed by atoms with Gasteiger partial charge in [0.25, 0.3) is 0 Å². The van der Waals surface area contributed by atoms with Crippen LogP contribution in [0.3, 0.4) is 0 Å². The van der Waals surface area contributed by atoms with Crippen molar-refractivity contribution in [2.75, 3.05) is 6.54 Å². The highest BCUT2D eigenvalue weighted by molar-refractivity contribution is 6.30. The molecule has 0 fully saturated rings. The summed E-state index contributed by atoms with van der Waals surface area (Å²) < 4.78 is 0. The van der Waals surface area contributed by atoms with Crippen LogP contribution in [-0.2, 0) is 13.0 Å². The zero-order valence-electron chi connectivity index (χ0n) is 10.00. The van der Waals surface area contributed by atoms with E-state index in [4.69, 9.17) is 23.2 Å². The Hall–Kier alpha value is -1.02. The van der Waals surface area contributed by atoms with Crippen LogP contribution in [0.1, 0.15) is 11.1 Å². The zero-order chi connectivity index (χ0) is 12.8. The molecular formula is C15H15Cl2N.